The maximum atomic E-state index is 9.25. The lowest BCUT2D eigenvalue weighted by Gasteiger charge is -2.28. The first kappa shape index (κ1) is 13.8. The van der Waals surface area contributed by atoms with E-state index in [1.807, 2.05) is 18.7 Å². The lowest BCUT2D eigenvalue weighted by atomic mass is 10.1. The molecule has 0 aromatic carbocycles. The zero-order valence-electron chi connectivity index (χ0n) is 11.3. The van der Waals surface area contributed by atoms with Crippen molar-refractivity contribution in [2.24, 2.45) is 0 Å². The number of hydrogen-bond acceptors (Lipinski definition) is 8. The van der Waals surface area contributed by atoms with Gasteiger partial charge >= 0.3 is 0 Å². The first-order chi connectivity index (χ1) is 9.00. The van der Waals surface area contributed by atoms with Crippen molar-refractivity contribution in [3.63, 3.8) is 0 Å². The van der Waals surface area contributed by atoms with E-state index < -0.39 is 5.54 Å². The fourth-order valence-electron chi connectivity index (χ4n) is 1.68. The van der Waals surface area contributed by atoms with Crippen LogP contribution in [0.5, 0.6) is 0 Å². The highest BCUT2D eigenvalue weighted by molar-refractivity contribution is 5.43. The number of aliphatic hydroxyl groups is 1. The van der Waals surface area contributed by atoms with Gasteiger partial charge in [0.2, 0.25) is 17.8 Å². The number of nitrogens with zero attached hydrogens (tertiary/aromatic N) is 4. The highest BCUT2D eigenvalue weighted by atomic mass is 16.5. The van der Waals surface area contributed by atoms with Crippen LogP contribution >= 0.6 is 0 Å². The van der Waals surface area contributed by atoms with E-state index in [4.69, 9.17) is 10.5 Å². The molecule has 1 aromatic heterocycles. The normalized spacial score (nSPS) is 16.5. The van der Waals surface area contributed by atoms with Gasteiger partial charge in [0.05, 0.1) is 25.4 Å². The van der Waals surface area contributed by atoms with Gasteiger partial charge in [0, 0.05) is 13.1 Å². The number of rotatable bonds is 4. The molecule has 4 N–H and O–H groups in total. The van der Waals surface area contributed by atoms with Gasteiger partial charge in [-0.25, -0.2) is 0 Å². The fraction of sp³-hybridized carbons (Fsp3) is 0.727. The van der Waals surface area contributed by atoms with Crippen molar-refractivity contribution < 1.29 is 9.84 Å². The average molecular weight is 268 g/mol. The Morgan fingerprint density at radius 3 is 2.63 bits per heavy atom. The predicted octanol–water partition coefficient (Wildman–Crippen LogP) is -0.527. The number of anilines is 3. The molecule has 1 aromatic rings. The summed E-state index contributed by atoms with van der Waals surface area (Å²) >= 11 is 0. The largest absolute Gasteiger partial charge is 0.394 e. The topological polar surface area (TPSA) is 109 Å². The third-order valence-corrected chi connectivity index (χ3v) is 2.78. The Balaban J connectivity index is 2.19. The van der Waals surface area contributed by atoms with Crippen LogP contribution in [-0.4, -0.2) is 58.5 Å². The molecule has 0 bridgehead atoms. The lowest BCUT2D eigenvalue weighted by molar-refractivity contribution is 0.122. The number of hydrogen-bond donors (Lipinski definition) is 3. The summed E-state index contributed by atoms with van der Waals surface area (Å²) in [6.45, 7) is 6.42. The summed E-state index contributed by atoms with van der Waals surface area (Å²) in [6, 6.07) is 0. The number of nitrogens with two attached hydrogens (primary N) is 1. The van der Waals surface area contributed by atoms with Crippen LogP contribution in [-0.2, 0) is 4.74 Å². The van der Waals surface area contributed by atoms with Crippen LogP contribution < -0.4 is 16.0 Å². The Kier molecular flexibility index (Phi) is 4.01. The molecule has 1 aliphatic heterocycles. The van der Waals surface area contributed by atoms with Crippen molar-refractivity contribution in [2.75, 3.05) is 48.9 Å². The van der Waals surface area contributed by atoms with Crippen LogP contribution in [0.4, 0.5) is 17.8 Å². The lowest BCUT2D eigenvalue weighted by Crippen LogP contribution is -2.39. The summed E-state index contributed by atoms with van der Waals surface area (Å²) in [5.74, 6) is 1.06. The molecule has 0 amide bonds. The van der Waals surface area contributed by atoms with E-state index in [2.05, 4.69) is 20.3 Å². The Morgan fingerprint density at radius 2 is 2.00 bits per heavy atom. The van der Waals surface area contributed by atoms with E-state index in [1.165, 1.54) is 0 Å². The second-order valence-electron chi connectivity index (χ2n) is 5.08. The quantitative estimate of drug-likeness (QED) is 0.669. The van der Waals surface area contributed by atoms with Gasteiger partial charge in [0.15, 0.2) is 0 Å². The van der Waals surface area contributed by atoms with Crippen molar-refractivity contribution in [1.29, 1.82) is 0 Å². The van der Waals surface area contributed by atoms with Gasteiger partial charge in [-0.3, -0.25) is 0 Å². The van der Waals surface area contributed by atoms with E-state index >= 15 is 0 Å². The Labute approximate surface area is 112 Å². The second kappa shape index (κ2) is 5.54. The second-order valence-corrected chi connectivity index (χ2v) is 5.08. The molecule has 2 heterocycles. The summed E-state index contributed by atoms with van der Waals surface area (Å²) < 4.78 is 5.29. The molecule has 8 heteroatoms. The minimum Gasteiger partial charge on any atom is -0.394 e. The summed E-state index contributed by atoms with van der Waals surface area (Å²) in [5, 5.41) is 12.3. The maximum Gasteiger partial charge on any atom is 0.232 e. The van der Waals surface area contributed by atoms with Crippen LogP contribution in [0.1, 0.15) is 13.8 Å². The molecule has 0 spiro atoms. The minimum absolute atomic E-state index is 0.0362. The molecule has 0 atom stereocenters. The highest BCUT2D eigenvalue weighted by Gasteiger charge is 2.20. The molecule has 0 unspecified atom stereocenters. The van der Waals surface area contributed by atoms with E-state index in [0.29, 0.717) is 25.1 Å². The van der Waals surface area contributed by atoms with Crippen LogP contribution in [0, 0.1) is 0 Å². The molecule has 0 radical (unpaired) electrons. The van der Waals surface area contributed by atoms with Crippen LogP contribution in [0.3, 0.4) is 0 Å². The Hall–Kier alpha value is -1.67. The van der Waals surface area contributed by atoms with Gasteiger partial charge in [-0.1, -0.05) is 0 Å². The Bertz CT molecular complexity index is 433. The highest BCUT2D eigenvalue weighted by Crippen LogP contribution is 2.16. The van der Waals surface area contributed by atoms with E-state index in [9.17, 15) is 5.11 Å². The third kappa shape index (κ3) is 3.65. The van der Waals surface area contributed by atoms with Crippen molar-refractivity contribution in [2.45, 2.75) is 19.4 Å². The number of nitrogens with one attached hydrogen (secondary N) is 1. The number of morpholine rings is 1. The van der Waals surface area contributed by atoms with E-state index in [0.717, 1.165) is 13.1 Å². The van der Waals surface area contributed by atoms with Crippen LogP contribution in [0.15, 0.2) is 0 Å². The molecule has 1 fully saturated rings. The number of ether oxygens (including phenoxy) is 1. The van der Waals surface area contributed by atoms with Gasteiger partial charge in [0.25, 0.3) is 0 Å². The van der Waals surface area contributed by atoms with Gasteiger partial charge < -0.3 is 25.8 Å². The zero-order chi connectivity index (χ0) is 13.9. The van der Waals surface area contributed by atoms with Crippen LogP contribution in [0.2, 0.25) is 0 Å². The number of nitrogen functional groups attached to an aromatic ring is 1. The van der Waals surface area contributed by atoms with E-state index in [1.54, 1.807) is 0 Å². The van der Waals surface area contributed by atoms with E-state index in [-0.39, 0.29) is 12.6 Å². The molecule has 2 rings (SSSR count). The van der Waals surface area contributed by atoms with Gasteiger partial charge in [-0.05, 0) is 13.8 Å². The standard InChI is InChI=1S/C11H20N6O2/c1-11(2,7-18)16-9-13-8(12)14-10(15-9)17-3-5-19-6-4-17/h18H,3-7H2,1-2H3,(H3,12,13,14,15,16). The zero-order valence-corrected chi connectivity index (χ0v) is 11.3. The van der Waals surface area contributed by atoms with Crippen molar-refractivity contribution in [3.05, 3.63) is 0 Å². The SMILES string of the molecule is CC(C)(CO)Nc1nc(N)nc(N2CCOCC2)n1. The van der Waals surface area contributed by atoms with Gasteiger partial charge in [-0.15, -0.1) is 0 Å². The molecule has 1 aliphatic rings. The molecule has 1 saturated heterocycles. The first-order valence-corrected chi connectivity index (χ1v) is 6.23. The molecule has 106 valence electrons. The van der Waals surface area contributed by atoms with Crippen molar-refractivity contribution in [1.82, 2.24) is 15.0 Å². The fourth-order valence-corrected chi connectivity index (χ4v) is 1.68. The Morgan fingerprint density at radius 1 is 1.32 bits per heavy atom. The molecule has 8 nitrogen and oxygen atoms in total. The van der Waals surface area contributed by atoms with Crippen LogP contribution in [0.25, 0.3) is 0 Å². The summed E-state index contributed by atoms with van der Waals surface area (Å²) in [5.41, 5.74) is 5.19. The first-order valence-electron chi connectivity index (χ1n) is 6.23. The third-order valence-electron chi connectivity index (χ3n) is 2.78. The average Bonchev–Trinajstić information content (AvgIpc) is 2.38. The number of aromatic nitrogens is 3. The number of aliphatic hydroxyl groups excluding tert-OH is 1. The molecule has 0 aliphatic carbocycles. The predicted molar refractivity (Wildman–Crippen MR) is 72.1 cm³/mol. The molecule has 0 saturated carbocycles. The maximum absolute atomic E-state index is 9.25. The molecular weight excluding hydrogens is 248 g/mol. The van der Waals surface area contributed by atoms with Crippen molar-refractivity contribution in [3.8, 4) is 0 Å². The monoisotopic (exact) mass is 268 g/mol. The summed E-state index contributed by atoms with van der Waals surface area (Å²) in [6.07, 6.45) is 0. The van der Waals surface area contributed by atoms with Gasteiger partial charge in [-0.2, -0.15) is 15.0 Å². The molecule has 19 heavy (non-hydrogen) atoms. The summed E-state index contributed by atoms with van der Waals surface area (Å²) in [7, 11) is 0. The minimum atomic E-state index is -0.518. The van der Waals surface area contributed by atoms with Gasteiger partial charge in [0.1, 0.15) is 0 Å². The molecular formula is C11H20N6O2. The van der Waals surface area contributed by atoms with Crippen molar-refractivity contribution >= 4 is 17.8 Å². The smallest absolute Gasteiger partial charge is 0.232 e. The summed E-state index contributed by atoms with van der Waals surface area (Å²) in [4.78, 5) is 14.5.